The van der Waals surface area contributed by atoms with Crippen LogP contribution in [-0.4, -0.2) is 75.9 Å². The largest absolute Gasteiger partial charge is 0.573 e. The van der Waals surface area contributed by atoms with Crippen LogP contribution in [0.25, 0.3) is 27.7 Å². The van der Waals surface area contributed by atoms with Crippen LogP contribution >= 0.6 is 0 Å². The predicted octanol–water partition coefficient (Wildman–Crippen LogP) is 4.23. The van der Waals surface area contributed by atoms with Crippen molar-refractivity contribution in [1.82, 2.24) is 24.3 Å². The molecule has 4 aromatic rings. The summed E-state index contributed by atoms with van der Waals surface area (Å²) >= 11 is 0. The number of benzene rings is 2. The van der Waals surface area contributed by atoms with Gasteiger partial charge in [0.05, 0.1) is 28.3 Å². The molecule has 5 rings (SSSR count). The van der Waals surface area contributed by atoms with E-state index in [2.05, 4.69) is 24.9 Å². The summed E-state index contributed by atoms with van der Waals surface area (Å²) in [5, 5.41) is 2.90. The Morgan fingerprint density at radius 1 is 1.02 bits per heavy atom. The number of nitrogens with one attached hydrogen (secondary N) is 1. The summed E-state index contributed by atoms with van der Waals surface area (Å²) in [5.41, 5.74) is 2.75. The van der Waals surface area contributed by atoms with Gasteiger partial charge in [-0.3, -0.25) is 24.0 Å². The highest BCUT2D eigenvalue weighted by Crippen LogP contribution is 2.32. The summed E-state index contributed by atoms with van der Waals surface area (Å²) in [7, 11) is 1.98. The van der Waals surface area contributed by atoms with Crippen molar-refractivity contribution in [3.63, 3.8) is 0 Å². The Labute approximate surface area is 234 Å². The molecule has 0 aliphatic carbocycles. The summed E-state index contributed by atoms with van der Waals surface area (Å²) in [6.45, 7) is 6.49. The average molecular weight is 567 g/mol. The molecule has 2 aromatic heterocycles. The van der Waals surface area contributed by atoms with Gasteiger partial charge in [0.15, 0.2) is 5.75 Å². The van der Waals surface area contributed by atoms with Gasteiger partial charge in [0.2, 0.25) is 5.91 Å². The number of likely N-dealkylation sites (N-methyl/N-ethyl adjacent to an activating group) is 1. The van der Waals surface area contributed by atoms with Crippen molar-refractivity contribution in [2.45, 2.75) is 26.3 Å². The maximum Gasteiger partial charge on any atom is 0.573 e. The van der Waals surface area contributed by atoms with Crippen LogP contribution in [0.5, 0.6) is 5.75 Å². The Morgan fingerprint density at radius 3 is 2.49 bits per heavy atom. The van der Waals surface area contributed by atoms with Crippen molar-refractivity contribution >= 4 is 22.5 Å². The molecule has 0 radical (unpaired) electrons. The Bertz CT molecular complexity index is 1650. The number of carbonyl (C=O) groups excluding carboxylic acids is 1. The van der Waals surface area contributed by atoms with E-state index in [1.165, 1.54) is 23.0 Å². The lowest BCUT2D eigenvalue weighted by Crippen LogP contribution is -2.51. The summed E-state index contributed by atoms with van der Waals surface area (Å²) in [6.07, 6.45) is -0.201. The van der Waals surface area contributed by atoms with Crippen molar-refractivity contribution < 1.29 is 22.7 Å². The number of aromatic nitrogens is 3. The standard InChI is InChI=1S/C29H29F3N6O3/c1-18-12-21(16-33-15-18)20-4-6-23-24(13-20)34-17-38(28(23)40)22-5-7-26(41-29(30,31)32)25(14-22)35-27(39)19(2)37-10-8-36(3)9-11-37/h4-7,12-17,19H,8-11H2,1-3H3,(H,35,39). The lowest BCUT2D eigenvalue weighted by Gasteiger charge is -2.35. The minimum absolute atomic E-state index is 0.208. The van der Waals surface area contributed by atoms with E-state index in [0.29, 0.717) is 24.0 Å². The number of amides is 1. The smallest absolute Gasteiger partial charge is 0.404 e. The third-order valence-electron chi connectivity index (χ3n) is 7.16. The first-order chi connectivity index (χ1) is 19.5. The van der Waals surface area contributed by atoms with Gasteiger partial charge in [-0.1, -0.05) is 6.07 Å². The van der Waals surface area contributed by atoms with E-state index < -0.39 is 29.6 Å². The van der Waals surface area contributed by atoms with E-state index in [0.717, 1.165) is 35.8 Å². The molecular weight excluding hydrogens is 537 g/mol. The minimum Gasteiger partial charge on any atom is -0.404 e. The zero-order valence-corrected chi connectivity index (χ0v) is 22.8. The normalized spacial score (nSPS) is 15.6. The molecule has 0 spiro atoms. The summed E-state index contributed by atoms with van der Waals surface area (Å²) in [5.74, 6) is -1.07. The van der Waals surface area contributed by atoms with E-state index >= 15 is 0 Å². The first kappa shape index (κ1) is 28.2. The van der Waals surface area contributed by atoms with Gasteiger partial charge < -0.3 is 15.0 Å². The van der Waals surface area contributed by atoms with Crippen molar-refractivity contribution in [2.75, 3.05) is 38.5 Å². The SMILES string of the molecule is Cc1cncc(-c2ccc3c(=O)n(-c4ccc(OC(F)(F)F)c(NC(=O)C(C)N5CCN(C)CC5)c4)cnc3c2)c1. The number of hydrogen-bond acceptors (Lipinski definition) is 7. The summed E-state index contributed by atoms with van der Waals surface area (Å²) in [4.78, 5) is 39.2. The molecule has 214 valence electrons. The number of pyridine rings is 1. The highest BCUT2D eigenvalue weighted by molar-refractivity contribution is 5.96. The van der Waals surface area contributed by atoms with Crippen LogP contribution in [-0.2, 0) is 4.79 Å². The van der Waals surface area contributed by atoms with Crippen LogP contribution in [0.4, 0.5) is 18.9 Å². The molecule has 1 aliphatic rings. The first-order valence-electron chi connectivity index (χ1n) is 13.1. The minimum atomic E-state index is -4.98. The van der Waals surface area contributed by atoms with Gasteiger partial charge in [-0.2, -0.15) is 0 Å². The monoisotopic (exact) mass is 566 g/mol. The molecule has 1 unspecified atom stereocenters. The molecule has 0 bridgehead atoms. The zero-order valence-electron chi connectivity index (χ0n) is 22.8. The highest BCUT2D eigenvalue weighted by Gasteiger charge is 2.33. The molecule has 1 amide bonds. The molecule has 3 heterocycles. The fraction of sp³-hybridized carbons (Fsp3) is 0.310. The molecule has 2 aromatic carbocycles. The first-order valence-corrected chi connectivity index (χ1v) is 13.1. The second-order valence-corrected chi connectivity index (χ2v) is 10.1. The summed E-state index contributed by atoms with van der Waals surface area (Å²) < 4.78 is 44.9. The molecular formula is C29H29F3N6O3. The van der Waals surface area contributed by atoms with Gasteiger partial charge in [-0.15, -0.1) is 13.2 Å². The third-order valence-corrected chi connectivity index (χ3v) is 7.16. The Morgan fingerprint density at radius 2 is 1.78 bits per heavy atom. The van der Waals surface area contributed by atoms with Gasteiger partial charge in [0.1, 0.15) is 6.33 Å². The topological polar surface area (TPSA) is 92.6 Å². The number of rotatable bonds is 6. The predicted molar refractivity (Wildman–Crippen MR) is 149 cm³/mol. The fourth-order valence-corrected chi connectivity index (χ4v) is 4.79. The Hall–Kier alpha value is -4.29. The molecule has 1 N–H and O–H groups in total. The number of carbonyl (C=O) groups is 1. The molecule has 9 nitrogen and oxygen atoms in total. The number of piperazine rings is 1. The number of hydrogen-bond donors (Lipinski definition) is 1. The molecule has 41 heavy (non-hydrogen) atoms. The number of fused-ring (bicyclic) bond motifs is 1. The number of anilines is 1. The lowest BCUT2D eigenvalue weighted by molar-refractivity contribution is -0.274. The van der Waals surface area contributed by atoms with Crippen molar-refractivity contribution in [3.8, 4) is 22.6 Å². The van der Waals surface area contributed by atoms with Gasteiger partial charge in [0, 0.05) is 44.1 Å². The highest BCUT2D eigenvalue weighted by atomic mass is 19.4. The number of ether oxygens (including phenoxy) is 1. The Balaban J connectivity index is 1.48. The van der Waals surface area contributed by atoms with Gasteiger partial charge in [-0.05, 0) is 68.4 Å². The molecule has 1 aliphatic heterocycles. The quantitative estimate of drug-likeness (QED) is 0.374. The number of aryl methyl sites for hydroxylation is 1. The van der Waals surface area contributed by atoms with E-state index in [1.807, 2.05) is 24.9 Å². The molecule has 1 fully saturated rings. The second kappa shape index (κ2) is 11.3. The van der Waals surface area contributed by atoms with E-state index in [4.69, 9.17) is 0 Å². The number of nitrogens with zero attached hydrogens (tertiary/aromatic N) is 5. The van der Waals surface area contributed by atoms with E-state index in [9.17, 15) is 22.8 Å². The third kappa shape index (κ3) is 6.39. The van der Waals surface area contributed by atoms with E-state index in [-0.39, 0.29) is 11.4 Å². The molecule has 0 saturated carbocycles. The zero-order chi connectivity index (χ0) is 29.3. The Kier molecular flexibility index (Phi) is 7.78. The molecule has 1 saturated heterocycles. The lowest BCUT2D eigenvalue weighted by atomic mass is 10.0. The van der Waals surface area contributed by atoms with Crippen LogP contribution in [0.15, 0.2) is 66.0 Å². The van der Waals surface area contributed by atoms with Crippen LogP contribution in [0.2, 0.25) is 0 Å². The van der Waals surface area contributed by atoms with Crippen LogP contribution in [0.1, 0.15) is 12.5 Å². The van der Waals surface area contributed by atoms with Crippen LogP contribution in [0, 0.1) is 6.92 Å². The molecule has 12 heteroatoms. The van der Waals surface area contributed by atoms with Crippen LogP contribution < -0.4 is 15.6 Å². The van der Waals surface area contributed by atoms with Crippen molar-refractivity contribution in [2.24, 2.45) is 0 Å². The maximum atomic E-state index is 13.4. The summed E-state index contributed by atoms with van der Waals surface area (Å²) in [6, 6.07) is 10.3. The fourth-order valence-electron chi connectivity index (χ4n) is 4.79. The second-order valence-electron chi connectivity index (χ2n) is 10.1. The van der Waals surface area contributed by atoms with Crippen LogP contribution in [0.3, 0.4) is 0 Å². The maximum absolute atomic E-state index is 13.4. The van der Waals surface area contributed by atoms with Gasteiger partial charge >= 0.3 is 6.36 Å². The van der Waals surface area contributed by atoms with Crippen molar-refractivity contribution in [1.29, 1.82) is 0 Å². The van der Waals surface area contributed by atoms with E-state index in [1.54, 1.807) is 37.5 Å². The van der Waals surface area contributed by atoms with Gasteiger partial charge in [-0.25, -0.2) is 4.98 Å². The molecule has 1 atom stereocenters. The number of alkyl halides is 3. The average Bonchev–Trinajstić information content (AvgIpc) is 2.93. The van der Waals surface area contributed by atoms with Gasteiger partial charge in [0.25, 0.3) is 5.56 Å². The number of halogens is 3. The van der Waals surface area contributed by atoms with Crippen molar-refractivity contribution in [3.05, 3.63) is 77.1 Å².